The first kappa shape index (κ1) is 47.0. The second kappa shape index (κ2) is 31.7. The fourth-order valence-corrected chi connectivity index (χ4v) is 9.27. The molecule has 0 aliphatic carbocycles. The van der Waals surface area contributed by atoms with Crippen molar-refractivity contribution in [1.29, 1.82) is 0 Å². The normalized spacial score (nSPS) is 13.3. The van der Waals surface area contributed by atoms with Crippen LogP contribution in [0.3, 0.4) is 0 Å². The number of benzene rings is 2. The van der Waals surface area contributed by atoms with Crippen molar-refractivity contribution in [2.24, 2.45) is 0 Å². The molecule has 0 aliphatic heterocycles. The Morgan fingerprint density at radius 2 is 0.855 bits per heavy atom. The highest BCUT2D eigenvalue weighted by atomic mass is 15.1. The first-order chi connectivity index (χ1) is 27.2. The van der Waals surface area contributed by atoms with Crippen LogP contribution < -0.4 is 4.57 Å². The number of H-pyrrole nitrogens is 1. The van der Waals surface area contributed by atoms with Gasteiger partial charge in [-0.3, -0.25) is 0 Å². The van der Waals surface area contributed by atoms with E-state index in [-0.39, 0.29) is 5.41 Å². The molecule has 0 aliphatic rings. The zero-order chi connectivity index (χ0) is 38.9. The van der Waals surface area contributed by atoms with Crippen LogP contribution in [0.25, 0.3) is 0 Å². The molecule has 0 saturated carbocycles. The van der Waals surface area contributed by atoms with Crippen LogP contribution in [0.2, 0.25) is 0 Å². The summed E-state index contributed by atoms with van der Waals surface area (Å²) in [6.45, 7) is 8.31. The standard InChI is InChI=1S/C53H88N2/c1-4-6-8-10-12-14-16-18-20-21-23-25-27-29-31-39-46-55-47-45-54-52(55)51(44-38-30-28-26-24-22-19-17-15-13-11-9-7-5-2)53(3,50-42-36-33-37-43-50)48-49-40-34-32-35-41-49/h32-37,40-43,45,47,51H,4-31,38-39,44,46,48H2,1-3H3/p+1. The minimum Gasteiger partial charge on any atom is -0.247 e. The number of unbranched alkanes of at least 4 members (excludes halogenated alkanes) is 28. The summed E-state index contributed by atoms with van der Waals surface area (Å²) in [5.74, 6) is 1.88. The molecule has 0 bridgehead atoms. The number of rotatable bonds is 37. The zero-order valence-corrected chi connectivity index (χ0v) is 36.8. The van der Waals surface area contributed by atoms with Crippen molar-refractivity contribution in [1.82, 2.24) is 4.98 Å². The molecule has 0 saturated heterocycles. The van der Waals surface area contributed by atoms with Crippen LogP contribution >= 0.6 is 0 Å². The number of hydrogen-bond acceptors (Lipinski definition) is 0. The predicted molar refractivity (Wildman–Crippen MR) is 242 cm³/mol. The van der Waals surface area contributed by atoms with E-state index in [0.717, 1.165) is 13.0 Å². The van der Waals surface area contributed by atoms with Crippen molar-refractivity contribution in [2.75, 3.05) is 0 Å². The highest BCUT2D eigenvalue weighted by Gasteiger charge is 2.42. The van der Waals surface area contributed by atoms with Gasteiger partial charge in [0.15, 0.2) is 0 Å². The van der Waals surface area contributed by atoms with Crippen molar-refractivity contribution >= 4 is 0 Å². The number of aryl methyl sites for hydroxylation is 1. The van der Waals surface area contributed by atoms with Crippen LogP contribution in [0.5, 0.6) is 0 Å². The summed E-state index contributed by atoms with van der Waals surface area (Å²) in [6.07, 6.45) is 49.3. The number of nitrogens with zero attached hydrogens (tertiary/aromatic N) is 1. The summed E-state index contributed by atoms with van der Waals surface area (Å²) in [5.41, 5.74) is 2.91. The Bertz CT molecular complexity index is 1250. The Labute approximate surface area is 342 Å². The topological polar surface area (TPSA) is 19.7 Å². The summed E-state index contributed by atoms with van der Waals surface area (Å²) in [7, 11) is 0. The quantitative estimate of drug-likeness (QED) is 0.0447. The lowest BCUT2D eigenvalue weighted by atomic mass is 9.66. The largest absolute Gasteiger partial charge is 0.258 e. The fourth-order valence-electron chi connectivity index (χ4n) is 9.27. The van der Waals surface area contributed by atoms with Gasteiger partial charge in [-0.2, -0.15) is 0 Å². The molecule has 0 spiro atoms. The molecule has 2 heteroatoms. The van der Waals surface area contributed by atoms with Crippen LogP contribution in [0.1, 0.15) is 243 Å². The molecule has 0 fully saturated rings. The summed E-state index contributed by atoms with van der Waals surface area (Å²) < 4.78 is 2.60. The lowest BCUT2D eigenvalue weighted by molar-refractivity contribution is -0.705. The first-order valence-corrected chi connectivity index (χ1v) is 24.3. The van der Waals surface area contributed by atoms with Crippen molar-refractivity contribution < 1.29 is 4.57 Å². The van der Waals surface area contributed by atoms with E-state index in [4.69, 9.17) is 0 Å². The van der Waals surface area contributed by atoms with Gasteiger partial charge in [-0.25, -0.2) is 9.55 Å². The molecule has 2 unspecified atom stereocenters. The molecule has 3 aromatic rings. The lowest BCUT2D eigenvalue weighted by Gasteiger charge is -2.37. The summed E-state index contributed by atoms with van der Waals surface area (Å²) in [6, 6.07) is 22.7. The maximum atomic E-state index is 3.83. The van der Waals surface area contributed by atoms with Crippen LogP contribution in [0.4, 0.5) is 0 Å². The SMILES string of the molecule is CCCCCCCCCCCCCCCCCC[n+]1cc[nH]c1C(CCCCCCCCCCCCCCCC)C(C)(Cc1ccccc1)c1ccccc1. The molecule has 0 radical (unpaired) electrons. The van der Waals surface area contributed by atoms with E-state index in [2.05, 4.69) is 103 Å². The van der Waals surface area contributed by atoms with Gasteiger partial charge in [0.1, 0.15) is 12.4 Å². The van der Waals surface area contributed by atoms with Crippen LogP contribution in [-0.2, 0) is 18.4 Å². The Morgan fingerprint density at radius 3 is 1.29 bits per heavy atom. The van der Waals surface area contributed by atoms with E-state index in [1.165, 1.54) is 216 Å². The Kier molecular flexibility index (Phi) is 27.1. The van der Waals surface area contributed by atoms with Crippen molar-refractivity contribution in [3.63, 3.8) is 0 Å². The minimum atomic E-state index is 0.000386. The highest BCUT2D eigenvalue weighted by Crippen LogP contribution is 2.43. The average molecular weight is 754 g/mol. The maximum absolute atomic E-state index is 3.83. The molecule has 1 aromatic heterocycles. The third kappa shape index (κ3) is 20.6. The zero-order valence-electron chi connectivity index (χ0n) is 36.8. The van der Waals surface area contributed by atoms with Gasteiger partial charge in [0.2, 0.25) is 0 Å². The maximum Gasteiger partial charge on any atom is 0.258 e. The Balaban J connectivity index is 1.47. The van der Waals surface area contributed by atoms with E-state index in [1.54, 1.807) is 0 Å². The molecular formula is C53H89N2+. The first-order valence-electron chi connectivity index (χ1n) is 24.3. The molecule has 1 heterocycles. The van der Waals surface area contributed by atoms with E-state index >= 15 is 0 Å². The van der Waals surface area contributed by atoms with Gasteiger partial charge >= 0.3 is 0 Å². The molecule has 0 amide bonds. The number of aromatic nitrogens is 2. The second-order valence-corrected chi connectivity index (χ2v) is 17.7. The van der Waals surface area contributed by atoms with Gasteiger partial charge in [0, 0.05) is 5.41 Å². The average Bonchev–Trinajstić information content (AvgIpc) is 3.67. The Morgan fingerprint density at radius 1 is 0.473 bits per heavy atom. The van der Waals surface area contributed by atoms with Crippen LogP contribution in [0.15, 0.2) is 73.1 Å². The third-order valence-corrected chi connectivity index (χ3v) is 12.8. The molecule has 2 atom stereocenters. The van der Waals surface area contributed by atoms with Gasteiger partial charge < -0.3 is 0 Å². The molecule has 3 rings (SSSR count). The van der Waals surface area contributed by atoms with Gasteiger partial charge in [-0.1, -0.05) is 261 Å². The van der Waals surface area contributed by atoms with Crippen molar-refractivity contribution in [3.8, 4) is 0 Å². The third-order valence-electron chi connectivity index (χ3n) is 12.8. The predicted octanol–water partition coefficient (Wildman–Crippen LogP) is 16.7. The molecule has 310 valence electrons. The minimum absolute atomic E-state index is 0.000386. The smallest absolute Gasteiger partial charge is 0.247 e. The number of aromatic amines is 1. The number of hydrogen-bond donors (Lipinski definition) is 1. The van der Waals surface area contributed by atoms with Crippen LogP contribution in [-0.4, -0.2) is 4.98 Å². The van der Waals surface area contributed by atoms with E-state index in [0.29, 0.717) is 5.92 Å². The molecular weight excluding hydrogens is 665 g/mol. The van der Waals surface area contributed by atoms with Gasteiger partial charge in [0.05, 0.1) is 12.5 Å². The lowest BCUT2D eigenvalue weighted by Crippen LogP contribution is -2.43. The molecule has 1 N–H and O–H groups in total. The number of imidazole rings is 1. The molecule has 2 aromatic carbocycles. The molecule has 55 heavy (non-hydrogen) atoms. The van der Waals surface area contributed by atoms with Crippen molar-refractivity contribution in [3.05, 3.63) is 90.0 Å². The summed E-state index contributed by atoms with van der Waals surface area (Å²) in [4.78, 5) is 3.83. The second-order valence-electron chi connectivity index (χ2n) is 17.7. The van der Waals surface area contributed by atoms with Crippen molar-refractivity contribution in [2.45, 2.75) is 244 Å². The summed E-state index contributed by atoms with van der Waals surface area (Å²) in [5, 5.41) is 0. The van der Waals surface area contributed by atoms with Gasteiger partial charge in [-0.05, 0) is 36.8 Å². The number of nitrogens with one attached hydrogen (secondary N) is 1. The summed E-state index contributed by atoms with van der Waals surface area (Å²) >= 11 is 0. The monoisotopic (exact) mass is 754 g/mol. The fraction of sp³-hybridized carbons (Fsp3) is 0.717. The van der Waals surface area contributed by atoms with Gasteiger partial charge in [-0.15, -0.1) is 0 Å². The van der Waals surface area contributed by atoms with E-state index in [1.807, 2.05) is 0 Å². The van der Waals surface area contributed by atoms with Gasteiger partial charge in [0.25, 0.3) is 5.82 Å². The Hall–Kier alpha value is -2.35. The van der Waals surface area contributed by atoms with Crippen LogP contribution in [0, 0.1) is 0 Å². The highest BCUT2D eigenvalue weighted by molar-refractivity contribution is 5.32. The van der Waals surface area contributed by atoms with E-state index < -0.39 is 0 Å². The van der Waals surface area contributed by atoms with E-state index in [9.17, 15) is 0 Å². The molecule has 2 nitrogen and oxygen atoms in total.